The average Bonchev–Trinajstić information content (AvgIpc) is 2.40. The van der Waals surface area contributed by atoms with Crippen LogP contribution in [0.1, 0.15) is 12.8 Å². The Morgan fingerprint density at radius 2 is 2.22 bits per heavy atom. The van der Waals surface area contributed by atoms with E-state index < -0.39 is 0 Å². The number of carbonyl (C=O) groups is 1. The minimum absolute atomic E-state index is 0.0949. The van der Waals surface area contributed by atoms with Gasteiger partial charge in [-0.25, -0.2) is 0 Å². The molecule has 2 heterocycles. The van der Waals surface area contributed by atoms with E-state index in [-0.39, 0.29) is 5.91 Å². The Morgan fingerprint density at radius 1 is 1.33 bits per heavy atom. The number of carbonyl (C=O) groups excluding carboxylic acids is 1. The van der Waals surface area contributed by atoms with Gasteiger partial charge in [-0.3, -0.25) is 4.79 Å². The van der Waals surface area contributed by atoms with Crippen molar-refractivity contribution in [2.24, 2.45) is 5.92 Å². The standard InChI is InChI=1S/C14H19N3O/c18-14-10-17(9-11-4-3-7-15-8-11)13-6-2-1-5-12(13)16-14/h1-2,5-6,11,15H,3-4,7-10H2,(H,16,18). The van der Waals surface area contributed by atoms with Crippen molar-refractivity contribution < 1.29 is 4.79 Å². The van der Waals surface area contributed by atoms with Gasteiger partial charge in [-0.05, 0) is 44.0 Å². The van der Waals surface area contributed by atoms with Gasteiger partial charge in [0.05, 0.1) is 17.9 Å². The first kappa shape index (κ1) is 11.5. The van der Waals surface area contributed by atoms with E-state index in [2.05, 4.69) is 21.6 Å². The number of hydrogen-bond donors (Lipinski definition) is 2. The van der Waals surface area contributed by atoms with E-state index in [1.165, 1.54) is 12.8 Å². The van der Waals surface area contributed by atoms with Crippen LogP contribution < -0.4 is 15.5 Å². The molecule has 3 rings (SSSR count). The summed E-state index contributed by atoms with van der Waals surface area (Å²) in [6.07, 6.45) is 2.50. The Morgan fingerprint density at radius 3 is 3.06 bits per heavy atom. The fourth-order valence-corrected chi connectivity index (χ4v) is 2.86. The van der Waals surface area contributed by atoms with Gasteiger partial charge in [-0.1, -0.05) is 12.1 Å². The monoisotopic (exact) mass is 245 g/mol. The molecule has 4 heteroatoms. The van der Waals surface area contributed by atoms with Crippen LogP contribution in [0.25, 0.3) is 0 Å². The van der Waals surface area contributed by atoms with E-state index in [4.69, 9.17) is 0 Å². The Kier molecular flexibility index (Phi) is 3.19. The molecule has 1 unspecified atom stereocenters. The molecule has 0 radical (unpaired) electrons. The highest BCUT2D eigenvalue weighted by Crippen LogP contribution is 2.30. The molecule has 18 heavy (non-hydrogen) atoms. The predicted molar refractivity (Wildman–Crippen MR) is 72.9 cm³/mol. The molecule has 1 saturated heterocycles. The van der Waals surface area contributed by atoms with Crippen molar-refractivity contribution >= 4 is 17.3 Å². The van der Waals surface area contributed by atoms with Crippen molar-refractivity contribution in [2.75, 3.05) is 36.4 Å². The third-order valence-electron chi connectivity index (χ3n) is 3.73. The summed E-state index contributed by atoms with van der Waals surface area (Å²) in [6, 6.07) is 8.05. The van der Waals surface area contributed by atoms with Gasteiger partial charge in [-0.2, -0.15) is 0 Å². The molecule has 1 amide bonds. The normalized spacial score (nSPS) is 23.4. The maximum atomic E-state index is 11.7. The van der Waals surface area contributed by atoms with Crippen molar-refractivity contribution in [1.29, 1.82) is 0 Å². The van der Waals surface area contributed by atoms with E-state index in [0.717, 1.165) is 31.0 Å². The fraction of sp³-hybridized carbons (Fsp3) is 0.500. The van der Waals surface area contributed by atoms with Crippen LogP contribution in [0.4, 0.5) is 11.4 Å². The van der Waals surface area contributed by atoms with Gasteiger partial charge in [0.1, 0.15) is 0 Å². The summed E-state index contributed by atoms with van der Waals surface area (Å²) < 4.78 is 0. The van der Waals surface area contributed by atoms with Crippen LogP contribution in [-0.4, -0.2) is 32.1 Å². The summed E-state index contributed by atoms with van der Waals surface area (Å²) in [4.78, 5) is 13.9. The lowest BCUT2D eigenvalue weighted by Crippen LogP contribution is -2.44. The van der Waals surface area contributed by atoms with Crippen molar-refractivity contribution in [3.05, 3.63) is 24.3 Å². The number of nitrogens with zero attached hydrogens (tertiary/aromatic N) is 1. The highest BCUT2D eigenvalue weighted by Gasteiger charge is 2.24. The number of benzene rings is 1. The van der Waals surface area contributed by atoms with Crippen molar-refractivity contribution in [3.63, 3.8) is 0 Å². The average molecular weight is 245 g/mol. The van der Waals surface area contributed by atoms with Crippen LogP contribution in [0.5, 0.6) is 0 Å². The molecule has 2 N–H and O–H groups in total. The Labute approximate surface area is 107 Å². The zero-order valence-electron chi connectivity index (χ0n) is 10.5. The molecule has 2 aliphatic rings. The van der Waals surface area contributed by atoms with Gasteiger partial charge in [0, 0.05) is 6.54 Å². The number of rotatable bonds is 2. The molecule has 4 nitrogen and oxygen atoms in total. The number of piperidine rings is 1. The highest BCUT2D eigenvalue weighted by atomic mass is 16.2. The van der Waals surface area contributed by atoms with Crippen LogP contribution in [-0.2, 0) is 4.79 Å². The number of para-hydroxylation sites is 2. The maximum Gasteiger partial charge on any atom is 0.243 e. The molecule has 2 aliphatic heterocycles. The first-order chi connectivity index (χ1) is 8.83. The van der Waals surface area contributed by atoms with Gasteiger partial charge >= 0.3 is 0 Å². The Hall–Kier alpha value is -1.55. The van der Waals surface area contributed by atoms with Crippen LogP contribution in [0.15, 0.2) is 24.3 Å². The number of nitrogens with one attached hydrogen (secondary N) is 2. The number of fused-ring (bicyclic) bond motifs is 1. The molecular weight excluding hydrogens is 226 g/mol. The number of amides is 1. The molecular formula is C14H19N3O. The summed E-state index contributed by atoms with van der Waals surface area (Å²) >= 11 is 0. The first-order valence-corrected chi connectivity index (χ1v) is 6.67. The van der Waals surface area contributed by atoms with Crippen LogP contribution in [0.2, 0.25) is 0 Å². The molecule has 1 fully saturated rings. The largest absolute Gasteiger partial charge is 0.360 e. The third kappa shape index (κ3) is 2.34. The summed E-state index contributed by atoms with van der Waals surface area (Å²) in [6.45, 7) is 3.65. The predicted octanol–water partition coefficient (Wildman–Crippen LogP) is 1.44. The van der Waals surface area contributed by atoms with Crippen LogP contribution >= 0.6 is 0 Å². The van der Waals surface area contributed by atoms with Crippen molar-refractivity contribution in [1.82, 2.24) is 5.32 Å². The molecule has 1 aromatic carbocycles. The van der Waals surface area contributed by atoms with E-state index in [1.807, 2.05) is 18.2 Å². The third-order valence-corrected chi connectivity index (χ3v) is 3.73. The molecule has 96 valence electrons. The van der Waals surface area contributed by atoms with Gasteiger partial charge in [0.2, 0.25) is 5.91 Å². The smallest absolute Gasteiger partial charge is 0.243 e. The lowest BCUT2D eigenvalue weighted by atomic mass is 9.98. The molecule has 1 aromatic rings. The van der Waals surface area contributed by atoms with Gasteiger partial charge in [0.15, 0.2) is 0 Å². The first-order valence-electron chi connectivity index (χ1n) is 6.67. The molecule has 0 aromatic heterocycles. The zero-order valence-corrected chi connectivity index (χ0v) is 10.5. The molecule has 0 aliphatic carbocycles. The molecule has 0 saturated carbocycles. The van der Waals surface area contributed by atoms with Crippen molar-refractivity contribution in [3.8, 4) is 0 Å². The summed E-state index contributed by atoms with van der Waals surface area (Å²) in [5, 5.41) is 6.36. The highest BCUT2D eigenvalue weighted by molar-refractivity contribution is 6.01. The van der Waals surface area contributed by atoms with E-state index in [1.54, 1.807) is 0 Å². The lowest BCUT2D eigenvalue weighted by molar-refractivity contribution is -0.115. The molecule has 1 atom stereocenters. The second-order valence-electron chi connectivity index (χ2n) is 5.16. The topological polar surface area (TPSA) is 44.4 Å². The second-order valence-corrected chi connectivity index (χ2v) is 5.16. The fourth-order valence-electron chi connectivity index (χ4n) is 2.86. The Bertz CT molecular complexity index is 440. The zero-order chi connectivity index (χ0) is 12.4. The number of anilines is 2. The summed E-state index contributed by atoms with van der Waals surface area (Å²) in [7, 11) is 0. The minimum Gasteiger partial charge on any atom is -0.360 e. The van der Waals surface area contributed by atoms with Gasteiger partial charge in [0.25, 0.3) is 0 Å². The lowest BCUT2D eigenvalue weighted by Gasteiger charge is -2.35. The van der Waals surface area contributed by atoms with Crippen molar-refractivity contribution in [2.45, 2.75) is 12.8 Å². The maximum absolute atomic E-state index is 11.7. The van der Waals surface area contributed by atoms with Gasteiger partial charge in [-0.15, -0.1) is 0 Å². The second kappa shape index (κ2) is 4.98. The number of hydrogen-bond acceptors (Lipinski definition) is 3. The SMILES string of the molecule is O=C1CN(CC2CCCNC2)c2ccccc2N1. The summed E-state index contributed by atoms with van der Waals surface area (Å²) in [5.74, 6) is 0.746. The van der Waals surface area contributed by atoms with Crippen LogP contribution in [0, 0.1) is 5.92 Å². The molecule has 0 bridgehead atoms. The van der Waals surface area contributed by atoms with Gasteiger partial charge < -0.3 is 15.5 Å². The quantitative estimate of drug-likeness (QED) is 0.829. The molecule has 0 spiro atoms. The summed E-state index contributed by atoms with van der Waals surface area (Å²) in [5.41, 5.74) is 2.10. The van der Waals surface area contributed by atoms with E-state index in [0.29, 0.717) is 12.5 Å². The Balaban J connectivity index is 1.77. The van der Waals surface area contributed by atoms with Crippen LogP contribution in [0.3, 0.4) is 0 Å². The van der Waals surface area contributed by atoms with E-state index in [9.17, 15) is 4.79 Å². The minimum atomic E-state index is 0.0949. The van der Waals surface area contributed by atoms with E-state index >= 15 is 0 Å².